The average molecular weight is 369 g/mol. The highest BCUT2D eigenvalue weighted by Gasteiger charge is 2.18. The van der Waals surface area contributed by atoms with Crippen LogP contribution in [0.2, 0.25) is 5.02 Å². The summed E-state index contributed by atoms with van der Waals surface area (Å²) < 4.78 is 32.9. The van der Waals surface area contributed by atoms with Crippen LogP contribution in [0.1, 0.15) is 11.5 Å². The van der Waals surface area contributed by atoms with Crippen LogP contribution in [-0.4, -0.2) is 13.4 Å². The van der Waals surface area contributed by atoms with Crippen LogP contribution >= 0.6 is 22.9 Å². The molecule has 0 aliphatic carbocycles. The molecule has 23 heavy (non-hydrogen) atoms. The SMILES string of the molecule is Cc1ncc(-c2ccc(S(=O)(=O)NCc3ccccc3Cl)s2)o1. The number of hydrogen-bond donors (Lipinski definition) is 1. The lowest BCUT2D eigenvalue weighted by Gasteiger charge is -2.06. The summed E-state index contributed by atoms with van der Waals surface area (Å²) in [7, 11) is -3.61. The number of aromatic nitrogens is 1. The van der Waals surface area contributed by atoms with Gasteiger partial charge in [-0.3, -0.25) is 0 Å². The van der Waals surface area contributed by atoms with Crippen LogP contribution in [0.5, 0.6) is 0 Å². The predicted octanol–water partition coefficient (Wildman–Crippen LogP) is 3.84. The Morgan fingerprint density at radius 2 is 2.04 bits per heavy atom. The summed E-state index contributed by atoms with van der Waals surface area (Å²) in [4.78, 5) is 4.72. The van der Waals surface area contributed by atoms with E-state index in [1.54, 1.807) is 43.5 Å². The van der Waals surface area contributed by atoms with E-state index >= 15 is 0 Å². The third-order valence-electron chi connectivity index (χ3n) is 3.12. The molecule has 0 aliphatic heterocycles. The monoisotopic (exact) mass is 368 g/mol. The van der Waals surface area contributed by atoms with Gasteiger partial charge < -0.3 is 4.42 Å². The summed E-state index contributed by atoms with van der Waals surface area (Å²) in [5.74, 6) is 1.09. The molecule has 2 aromatic heterocycles. The zero-order chi connectivity index (χ0) is 16.4. The molecule has 8 heteroatoms. The van der Waals surface area contributed by atoms with Gasteiger partial charge in [-0.2, -0.15) is 0 Å². The van der Waals surface area contributed by atoms with E-state index < -0.39 is 10.0 Å². The molecule has 0 aliphatic rings. The number of thiophene rings is 1. The normalized spacial score (nSPS) is 11.7. The Morgan fingerprint density at radius 1 is 1.26 bits per heavy atom. The lowest BCUT2D eigenvalue weighted by Crippen LogP contribution is -2.22. The lowest BCUT2D eigenvalue weighted by atomic mass is 10.2. The van der Waals surface area contributed by atoms with Gasteiger partial charge in [-0.25, -0.2) is 18.1 Å². The van der Waals surface area contributed by atoms with E-state index in [0.717, 1.165) is 16.9 Å². The topological polar surface area (TPSA) is 72.2 Å². The molecular weight excluding hydrogens is 356 g/mol. The van der Waals surface area contributed by atoms with Crippen LogP contribution in [0.25, 0.3) is 10.6 Å². The van der Waals surface area contributed by atoms with Crippen molar-refractivity contribution >= 4 is 33.0 Å². The molecule has 0 atom stereocenters. The van der Waals surface area contributed by atoms with Crippen molar-refractivity contribution in [3.63, 3.8) is 0 Å². The highest BCUT2D eigenvalue weighted by atomic mass is 35.5. The molecule has 0 spiro atoms. The third-order valence-corrected chi connectivity index (χ3v) is 6.48. The van der Waals surface area contributed by atoms with Crippen molar-refractivity contribution in [2.24, 2.45) is 0 Å². The van der Waals surface area contributed by atoms with Crippen LogP contribution < -0.4 is 4.72 Å². The molecule has 0 fully saturated rings. The number of aryl methyl sites for hydroxylation is 1. The Balaban J connectivity index is 1.78. The second-order valence-corrected chi connectivity index (χ2v) is 8.26. The van der Waals surface area contributed by atoms with Gasteiger partial charge in [-0.05, 0) is 23.8 Å². The number of hydrogen-bond acceptors (Lipinski definition) is 5. The molecule has 1 N–H and O–H groups in total. The lowest BCUT2D eigenvalue weighted by molar-refractivity contribution is 0.535. The van der Waals surface area contributed by atoms with Crippen molar-refractivity contribution in [1.29, 1.82) is 0 Å². The highest BCUT2D eigenvalue weighted by Crippen LogP contribution is 2.31. The van der Waals surface area contributed by atoms with Gasteiger partial charge in [0.15, 0.2) is 11.7 Å². The summed E-state index contributed by atoms with van der Waals surface area (Å²) >= 11 is 7.16. The summed E-state index contributed by atoms with van der Waals surface area (Å²) in [6.45, 7) is 1.87. The first kappa shape index (κ1) is 16.2. The van der Waals surface area contributed by atoms with Gasteiger partial charge in [0.05, 0.1) is 11.1 Å². The maximum atomic E-state index is 12.4. The van der Waals surface area contributed by atoms with Crippen molar-refractivity contribution in [2.75, 3.05) is 0 Å². The van der Waals surface area contributed by atoms with E-state index in [-0.39, 0.29) is 10.8 Å². The van der Waals surface area contributed by atoms with Gasteiger partial charge >= 0.3 is 0 Å². The summed E-state index contributed by atoms with van der Waals surface area (Å²) in [6.07, 6.45) is 1.58. The minimum atomic E-state index is -3.61. The molecule has 5 nitrogen and oxygen atoms in total. The van der Waals surface area contributed by atoms with Gasteiger partial charge in [0.2, 0.25) is 10.0 Å². The molecule has 0 saturated heterocycles. The zero-order valence-electron chi connectivity index (χ0n) is 12.1. The molecule has 0 radical (unpaired) electrons. The standard InChI is InChI=1S/C15H13ClN2O3S2/c1-10-17-9-13(21-10)14-6-7-15(22-14)23(19,20)18-8-11-4-2-3-5-12(11)16/h2-7,9,18H,8H2,1H3. The van der Waals surface area contributed by atoms with E-state index in [4.69, 9.17) is 16.0 Å². The first-order valence-corrected chi connectivity index (χ1v) is 9.39. The Labute approximate surface area is 143 Å². The Kier molecular flexibility index (Phi) is 4.54. The first-order valence-electron chi connectivity index (χ1n) is 6.71. The van der Waals surface area contributed by atoms with Crippen LogP contribution in [0, 0.1) is 6.92 Å². The van der Waals surface area contributed by atoms with Crippen molar-refractivity contribution < 1.29 is 12.8 Å². The molecule has 0 amide bonds. The molecular formula is C15H13ClN2O3S2. The molecule has 120 valence electrons. The third kappa shape index (κ3) is 3.64. The minimum absolute atomic E-state index is 0.136. The number of sulfonamides is 1. The van der Waals surface area contributed by atoms with Crippen molar-refractivity contribution in [3.05, 3.63) is 59.1 Å². The van der Waals surface area contributed by atoms with Crippen LogP contribution in [0.4, 0.5) is 0 Å². The van der Waals surface area contributed by atoms with E-state index in [9.17, 15) is 8.42 Å². The van der Waals surface area contributed by atoms with Crippen molar-refractivity contribution in [3.8, 4) is 10.6 Å². The number of benzene rings is 1. The Hall–Kier alpha value is -1.67. The van der Waals surface area contributed by atoms with E-state index in [1.165, 1.54) is 0 Å². The maximum Gasteiger partial charge on any atom is 0.250 e. The number of oxazole rings is 1. The Morgan fingerprint density at radius 3 is 2.74 bits per heavy atom. The molecule has 2 heterocycles. The highest BCUT2D eigenvalue weighted by molar-refractivity contribution is 7.91. The minimum Gasteiger partial charge on any atom is -0.440 e. The molecule has 3 aromatic rings. The van der Waals surface area contributed by atoms with Crippen molar-refractivity contribution in [1.82, 2.24) is 9.71 Å². The second kappa shape index (κ2) is 6.45. The molecule has 1 aromatic carbocycles. The number of halogens is 1. The largest absolute Gasteiger partial charge is 0.440 e. The first-order chi connectivity index (χ1) is 11.0. The number of rotatable bonds is 5. The summed E-state index contributed by atoms with van der Waals surface area (Å²) in [5.41, 5.74) is 0.723. The van der Waals surface area contributed by atoms with Crippen molar-refractivity contribution in [2.45, 2.75) is 17.7 Å². The molecule has 0 unspecified atom stereocenters. The zero-order valence-corrected chi connectivity index (χ0v) is 14.5. The smallest absolute Gasteiger partial charge is 0.250 e. The van der Waals surface area contributed by atoms with Gasteiger partial charge in [-0.15, -0.1) is 11.3 Å². The molecule has 0 bridgehead atoms. The fourth-order valence-corrected chi connectivity index (χ4v) is 4.46. The predicted molar refractivity (Wildman–Crippen MR) is 90.0 cm³/mol. The quantitative estimate of drug-likeness (QED) is 0.742. The molecule has 3 rings (SSSR count). The Bertz CT molecular complexity index is 932. The maximum absolute atomic E-state index is 12.4. The number of nitrogens with zero attached hydrogens (tertiary/aromatic N) is 1. The van der Waals surface area contributed by atoms with Crippen LogP contribution in [-0.2, 0) is 16.6 Å². The average Bonchev–Trinajstić information content (AvgIpc) is 3.15. The van der Waals surface area contributed by atoms with Gasteiger partial charge in [0, 0.05) is 18.5 Å². The van der Waals surface area contributed by atoms with Gasteiger partial charge in [-0.1, -0.05) is 29.8 Å². The number of nitrogens with one attached hydrogen (secondary N) is 1. The van der Waals surface area contributed by atoms with E-state index in [2.05, 4.69) is 9.71 Å². The van der Waals surface area contributed by atoms with E-state index in [1.807, 2.05) is 6.07 Å². The van der Waals surface area contributed by atoms with Crippen LogP contribution in [0.3, 0.4) is 0 Å². The summed E-state index contributed by atoms with van der Waals surface area (Å²) in [5, 5.41) is 0.527. The van der Waals surface area contributed by atoms with Gasteiger partial charge in [0.25, 0.3) is 0 Å². The van der Waals surface area contributed by atoms with E-state index in [0.29, 0.717) is 21.6 Å². The van der Waals surface area contributed by atoms with Crippen LogP contribution in [0.15, 0.2) is 51.2 Å². The second-order valence-electron chi connectivity index (χ2n) is 4.78. The fraction of sp³-hybridized carbons (Fsp3) is 0.133. The van der Waals surface area contributed by atoms with Gasteiger partial charge in [0.1, 0.15) is 4.21 Å². The summed E-state index contributed by atoms with van der Waals surface area (Å²) in [6, 6.07) is 10.4. The molecule has 0 saturated carbocycles. The fourth-order valence-electron chi connectivity index (χ4n) is 1.96.